The van der Waals surface area contributed by atoms with Crippen LogP contribution < -0.4 is 5.32 Å². The fraction of sp³-hybridized carbons (Fsp3) is 0.200. The Morgan fingerprint density at radius 2 is 2.00 bits per heavy atom. The molecule has 1 N–H and O–H groups in total. The second-order valence-corrected chi connectivity index (χ2v) is 5.83. The van der Waals surface area contributed by atoms with Crippen LogP contribution in [0.4, 0.5) is 13.8 Å². The van der Waals surface area contributed by atoms with Crippen molar-refractivity contribution < 1.29 is 13.6 Å². The Labute approximate surface area is 123 Å². The van der Waals surface area contributed by atoms with Gasteiger partial charge in [-0.2, -0.15) is 5.26 Å². The van der Waals surface area contributed by atoms with Crippen molar-refractivity contribution >= 4 is 22.2 Å². The van der Waals surface area contributed by atoms with Crippen LogP contribution in [0.2, 0.25) is 0 Å². The number of nitrogens with one attached hydrogen (secondary N) is 1. The lowest BCUT2D eigenvalue weighted by atomic mass is 10.1. The maximum Gasteiger partial charge on any atom is 0.262 e. The maximum absolute atomic E-state index is 13.6. The average Bonchev–Trinajstić information content (AvgIpc) is 2.98. The van der Waals surface area contributed by atoms with E-state index in [0.29, 0.717) is 10.6 Å². The molecule has 0 radical (unpaired) electrons. The molecule has 0 spiro atoms. The summed E-state index contributed by atoms with van der Waals surface area (Å²) in [4.78, 5) is 13.1. The van der Waals surface area contributed by atoms with E-state index in [-0.39, 0.29) is 0 Å². The fourth-order valence-electron chi connectivity index (χ4n) is 2.49. The predicted octanol–water partition coefficient (Wildman–Crippen LogP) is 3.64. The molecule has 1 amide bonds. The number of benzene rings is 1. The highest BCUT2D eigenvalue weighted by atomic mass is 32.1. The Balaban J connectivity index is 1.95. The number of aryl methyl sites for hydroxylation is 1. The molecule has 0 fully saturated rings. The summed E-state index contributed by atoms with van der Waals surface area (Å²) in [6.07, 6.45) is 2.67. The zero-order chi connectivity index (χ0) is 15.0. The van der Waals surface area contributed by atoms with E-state index in [9.17, 15) is 18.8 Å². The van der Waals surface area contributed by atoms with Crippen molar-refractivity contribution in [2.45, 2.75) is 19.3 Å². The van der Waals surface area contributed by atoms with Crippen LogP contribution in [0.1, 0.15) is 32.8 Å². The maximum atomic E-state index is 13.6. The molecule has 0 saturated heterocycles. The van der Waals surface area contributed by atoms with Crippen molar-refractivity contribution in [2.75, 3.05) is 5.32 Å². The molecule has 0 aliphatic heterocycles. The van der Waals surface area contributed by atoms with E-state index in [0.717, 1.165) is 41.8 Å². The number of amides is 1. The molecule has 0 bridgehead atoms. The summed E-state index contributed by atoms with van der Waals surface area (Å²) in [5.74, 6) is -2.72. The van der Waals surface area contributed by atoms with E-state index < -0.39 is 23.1 Å². The Morgan fingerprint density at radius 1 is 1.29 bits per heavy atom. The molecule has 1 heterocycles. The summed E-state index contributed by atoms with van der Waals surface area (Å²) in [5.41, 5.74) is 0.736. The van der Waals surface area contributed by atoms with Gasteiger partial charge in [0, 0.05) is 4.88 Å². The highest BCUT2D eigenvalue weighted by molar-refractivity contribution is 7.16. The number of rotatable bonds is 2. The zero-order valence-corrected chi connectivity index (χ0v) is 11.7. The van der Waals surface area contributed by atoms with Gasteiger partial charge in [-0.15, -0.1) is 11.3 Å². The average molecular weight is 304 g/mol. The lowest BCUT2D eigenvalue weighted by Crippen LogP contribution is -2.15. The van der Waals surface area contributed by atoms with Crippen molar-refractivity contribution in [3.8, 4) is 6.07 Å². The Hall–Kier alpha value is -2.26. The number of thiophene rings is 1. The molecule has 6 heteroatoms. The number of carbonyl (C=O) groups excluding carboxylic acids is 1. The Bertz CT molecular complexity index is 756. The minimum absolute atomic E-state index is 0.370. The molecule has 0 unspecified atom stereocenters. The van der Waals surface area contributed by atoms with Gasteiger partial charge >= 0.3 is 0 Å². The summed E-state index contributed by atoms with van der Waals surface area (Å²) in [5, 5.41) is 12.1. The van der Waals surface area contributed by atoms with Gasteiger partial charge in [0.15, 0.2) is 0 Å². The minimum Gasteiger partial charge on any atom is -0.312 e. The van der Waals surface area contributed by atoms with Crippen molar-refractivity contribution in [3.63, 3.8) is 0 Å². The van der Waals surface area contributed by atoms with Crippen LogP contribution >= 0.6 is 11.3 Å². The van der Waals surface area contributed by atoms with Crippen molar-refractivity contribution in [1.29, 1.82) is 5.26 Å². The Morgan fingerprint density at radius 3 is 2.67 bits per heavy atom. The molecule has 1 aliphatic carbocycles. The Kier molecular flexibility index (Phi) is 3.43. The summed E-state index contributed by atoms with van der Waals surface area (Å²) >= 11 is 1.31. The third-order valence-corrected chi connectivity index (χ3v) is 4.66. The first kappa shape index (κ1) is 13.7. The van der Waals surface area contributed by atoms with Gasteiger partial charge < -0.3 is 5.32 Å². The third-order valence-electron chi connectivity index (χ3n) is 3.45. The van der Waals surface area contributed by atoms with Crippen molar-refractivity contribution in [3.05, 3.63) is 51.4 Å². The molecular formula is C15H10F2N2OS. The van der Waals surface area contributed by atoms with Crippen molar-refractivity contribution in [1.82, 2.24) is 0 Å². The van der Waals surface area contributed by atoms with Gasteiger partial charge in [-0.25, -0.2) is 8.78 Å². The number of carbonyl (C=O) groups is 1. The van der Waals surface area contributed by atoms with E-state index >= 15 is 0 Å². The van der Waals surface area contributed by atoms with E-state index in [4.69, 9.17) is 0 Å². The van der Waals surface area contributed by atoms with E-state index in [1.807, 2.05) is 0 Å². The largest absolute Gasteiger partial charge is 0.312 e. The lowest BCUT2D eigenvalue weighted by Gasteiger charge is -2.06. The topological polar surface area (TPSA) is 52.9 Å². The van der Waals surface area contributed by atoms with Gasteiger partial charge in [0.1, 0.15) is 28.3 Å². The first-order valence-electron chi connectivity index (χ1n) is 6.42. The van der Waals surface area contributed by atoms with Gasteiger partial charge in [0.25, 0.3) is 5.91 Å². The molecule has 0 atom stereocenters. The molecule has 1 aromatic carbocycles. The number of anilines is 1. The van der Waals surface area contributed by atoms with E-state index in [1.54, 1.807) is 0 Å². The summed E-state index contributed by atoms with van der Waals surface area (Å²) in [7, 11) is 0. The molecular weight excluding hydrogens is 294 g/mol. The number of hydrogen-bond acceptors (Lipinski definition) is 3. The molecule has 3 rings (SSSR count). The first-order chi connectivity index (χ1) is 10.1. The number of halogens is 2. The van der Waals surface area contributed by atoms with E-state index in [1.165, 1.54) is 17.4 Å². The molecule has 0 saturated carbocycles. The quantitative estimate of drug-likeness (QED) is 0.921. The van der Waals surface area contributed by atoms with E-state index in [2.05, 4.69) is 11.4 Å². The fourth-order valence-corrected chi connectivity index (χ4v) is 3.73. The summed E-state index contributed by atoms with van der Waals surface area (Å²) in [6.45, 7) is 0. The van der Waals surface area contributed by atoms with Crippen LogP contribution in [0.25, 0.3) is 0 Å². The normalized spacial score (nSPS) is 12.8. The van der Waals surface area contributed by atoms with Gasteiger partial charge in [-0.3, -0.25) is 4.79 Å². The number of fused-ring (bicyclic) bond motifs is 1. The summed E-state index contributed by atoms with van der Waals surface area (Å²) in [6, 6.07) is 5.32. The van der Waals surface area contributed by atoms with Crippen molar-refractivity contribution in [2.24, 2.45) is 0 Å². The predicted molar refractivity (Wildman–Crippen MR) is 75.4 cm³/mol. The molecule has 106 valence electrons. The van der Waals surface area contributed by atoms with Crippen LogP contribution in [0.5, 0.6) is 0 Å². The molecule has 21 heavy (non-hydrogen) atoms. The van der Waals surface area contributed by atoms with Crippen LogP contribution in [-0.2, 0) is 12.8 Å². The zero-order valence-electron chi connectivity index (χ0n) is 10.9. The second kappa shape index (κ2) is 5.26. The number of nitriles is 1. The van der Waals surface area contributed by atoms with Crippen LogP contribution in [0.3, 0.4) is 0 Å². The highest BCUT2D eigenvalue weighted by Gasteiger charge is 2.25. The monoisotopic (exact) mass is 304 g/mol. The van der Waals surface area contributed by atoms with Gasteiger partial charge in [0.05, 0.1) is 5.56 Å². The van der Waals surface area contributed by atoms with Crippen LogP contribution in [0, 0.1) is 23.0 Å². The molecule has 3 nitrogen and oxygen atoms in total. The molecule has 1 aromatic heterocycles. The van der Waals surface area contributed by atoms with Gasteiger partial charge in [-0.1, -0.05) is 6.07 Å². The standard InChI is InChI=1S/C15H10F2N2OS/c16-10-4-2-5-11(17)13(10)14(20)19-15-9(7-18)8-3-1-6-12(8)21-15/h2,4-5H,1,3,6H2,(H,19,20). The van der Waals surface area contributed by atoms with Crippen LogP contribution in [0.15, 0.2) is 18.2 Å². The number of nitrogens with zero attached hydrogens (tertiary/aromatic N) is 1. The van der Waals surface area contributed by atoms with Gasteiger partial charge in [-0.05, 0) is 37.0 Å². The molecule has 1 aliphatic rings. The smallest absolute Gasteiger partial charge is 0.262 e. The highest BCUT2D eigenvalue weighted by Crippen LogP contribution is 2.38. The third kappa shape index (κ3) is 2.30. The first-order valence-corrected chi connectivity index (χ1v) is 7.23. The minimum atomic E-state index is -0.921. The van der Waals surface area contributed by atoms with Crippen LogP contribution in [-0.4, -0.2) is 5.91 Å². The SMILES string of the molecule is N#Cc1c(NC(=O)c2c(F)cccc2F)sc2c1CCC2. The molecule has 2 aromatic rings. The van der Waals surface area contributed by atoms with Gasteiger partial charge in [0.2, 0.25) is 0 Å². The number of hydrogen-bond donors (Lipinski definition) is 1. The second-order valence-electron chi connectivity index (χ2n) is 4.72. The lowest BCUT2D eigenvalue weighted by molar-refractivity contribution is 0.101. The summed E-state index contributed by atoms with van der Waals surface area (Å²) < 4.78 is 27.2.